The van der Waals surface area contributed by atoms with Crippen LogP contribution in [0.3, 0.4) is 0 Å². The summed E-state index contributed by atoms with van der Waals surface area (Å²) in [5.41, 5.74) is -0.833. The van der Waals surface area contributed by atoms with Crippen LogP contribution in [0, 0.1) is 0 Å². The Hall–Kier alpha value is -3.11. The minimum absolute atomic E-state index is 0.00748. The number of aliphatic hydroxyl groups excluding tert-OH is 1. The number of aliphatic hydroxyl groups is 1. The zero-order chi connectivity index (χ0) is 30.8. The topological polar surface area (TPSA) is 122 Å². The quantitative estimate of drug-likeness (QED) is 0.169. The summed E-state index contributed by atoms with van der Waals surface area (Å²) in [6.45, 7) is 7.33. The third-order valence-electron chi connectivity index (χ3n) is 7.23. The molecule has 0 bridgehead atoms. The van der Waals surface area contributed by atoms with Crippen LogP contribution in [0.4, 0.5) is 9.59 Å². The number of carbonyl (C=O) groups is 2. The van der Waals surface area contributed by atoms with Gasteiger partial charge in [0, 0.05) is 13.0 Å². The van der Waals surface area contributed by atoms with Crippen molar-refractivity contribution in [2.75, 3.05) is 6.54 Å². The van der Waals surface area contributed by atoms with Crippen LogP contribution in [0.2, 0.25) is 0 Å². The minimum atomic E-state index is -4.15. The lowest BCUT2D eigenvalue weighted by Crippen LogP contribution is -2.63. The van der Waals surface area contributed by atoms with Crippen LogP contribution < -0.4 is 5.32 Å². The molecule has 232 valence electrons. The maximum absolute atomic E-state index is 14.1. The Morgan fingerprint density at radius 1 is 1.12 bits per heavy atom. The highest BCUT2D eigenvalue weighted by atomic mass is 32.2. The molecule has 42 heavy (non-hydrogen) atoms. The number of hydrogen-bond donors (Lipinski definition) is 2. The van der Waals surface area contributed by atoms with Crippen molar-refractivity contribution in [2.45, 2.75) is 113 Å². The molecule has 0 spiro atoms. The molecule has 2 fully saturated rings. The highest BCUT2D eigenvalue weighted by Crippen LogP contribution is 2.34. The second-order valence-corrected chi connectivity index (χ2v) is 13.9. The van der Waals surface area contributed by atoms with Gasteiger partial charge in [-0.15, -0.1) is 0 Å². The summed E-state index contributed by atoms with van der Waals surface area (Å²) in [5, 5.41) is 12.7. The van der Waals surface area contributed by atoms with Crippen molar-refractivity contribution in [3.63, 3.8) is 0 Å². The van der Waals surface area contributed by atoms with Crippen LogP contribution in [-0.4, -0.2) is 72.3 Å². The number of nitrogens with one attached hydrogen (secondary N) is 1. The number of unbranched alkanes of at least 4 members (excludes halogenated alkanes) is 4. The van der Waals surface area contributed by atoms with E-state index < -0.39 is 57.2 Å². The number of benzene rings is 1. The van der Waals surface area contributed by atoms with Crippen LogP contribution in [0.1, 0.15) is 72.6 Å². The summed E-state index contributed by atoms with van der Waals surface area (Å²) in [6.07, 6.45) is 14.0. The highest BCUT2D eigenvalue weighted by Gasteiger charge is 2.52. The number of alkyl carbamates (subject to hydrolysis) is 1. The van der Waals surface area contributed by atoms with E-state index in [0.717, 1.165) is 19.3 Å². The first kappa shape index (κ1) is 33.4. The summed E-state index contributed by atoms with van der Waals surface area (Å²) in [7, 11) is -4.15. The zero-order valence-corrected chi connectivity index (χ0v) is 26.0. The first-order valence-electron chi connectivity index (χ1n) is 14.9. The van der Waals surface area contributed by atoms with Crippen molar-refractivity contribution in [1.82, 2.24) is 10.2 Å². The van der Waals surface area contributed by atoms with Gasteiger partial charge in [-0.25, -0.2) is 18.0 Å². The molecule has 9 nitrogen and oxygen atoms in total. The molecule has 0 aliphatic carbocycles. The standard InChI is InChI=1S/C32H46N2O7S/c1-5-6-7-8-9-10-11-12-13-14-18-21-27(35)29(42(38,39)24-19-16-15-17-20-24)26-22-28-25(33-30(36)40-28)23-34(26)31(37)41-32(2,3)4/h8-11,15-21,25-29,35H,5-7,12-14,22-23H2,1-4H3,(H,33,36)/b9-8+,11-10+,21-18+/t25-,26-,27?,28+,29?/m0/s1. The molecule has 2 saturated heterocycles. The molecule has 3 rings (SSSR count). The van der Waals surface area contributed by atoms with Gasteiger partial charge in [0.05, 0.1) is 23.1 Å². The SMILES string of the molecule is CCCC/C=C/C=C/CCC/C=C/C(O)C([C@@H]1C[C@H]2OC(=O)N[C@H]2CN1C(=O)OC(C)(C)C)S(=O)(=O)c1ccccc1. The van der Waals surface area contributed by atoms with E-state index in [1.165, 1.54) is 36.0 Å². The molecule has 2 aliphatic heterocycles. The van der Waals surface area contributed by atoms with Crippen molar-refractivity contribution < 1.29 is 32.6 Å². The lowest BCUT2D eigenvalue weighted by atomic mass is 9.91. The van der Waals surface area contributed by atoms with Gasteiger partial charge in [-0.3, -0.25) is 0 Å². The number of hydrogen-bond acceptors (Lipinski definition) is 7. The fourth-order valence-electron chi connectivity index (χ4n) is 5.18. The molecule has 0 radical (unpaired) electrons. The van der Waals surface area contributed by atoms with Crippen molar-refractivity contribution in [3.05, 3.63) is 66.8 Å². The Bertz CT molecular complexity index is 1220. The lowest BCUT2D eigenvalue weighted by Gasteiger charge is -2.44. The second-order valence-electron chi connectivity index (χ2n) is 11.8. The molecule has 0 saturated carbocycles. The lowest BCUT2D eigenvalue weighted by molar-refractivity contribution is -0.0124. The molecule has 1 aromatic rings. The number of fused-ring (bicyclic) bond motifs is 1. The molecule has 2 heterocycles. The Labute approximate surface area is 250 Å². The number of allylic oxidation sites excluding steroid dienone is 5. The fourth-order valence-corrected chi connectivity index (χ4v) is 7.16. The first-order chi connectivity index (χ1) is 19.9. The molecule has 2 N–H and O–H groups in total. The van der Waals surface area contributed by atoms with Crippen molar-refractivity contribution in [1.29, 1.82) is 0 Å². The first-order valence-corrected chi connectivity index (χ1v) is 16.4. The van der Waals surface area contributed by atoms with Crippen molar-refractivity contribution >= 4 is 22.0 Å². The summed E-state index contributed by atoms with van der Waals surface area (Å²) in [4.78, 5) is 26.8. The number of rotatable bonds is 13. The van der Waals surface area contributed by atoms with E-state index in [4.69, 9.17) is 9.47 Å². The van der Waals surface area contributed by atoms with E-state index in [1.54, 1.807) is 45.0 Å². The zero-order valence-electron chi connectivity index (χ0n) is 25.1. The van der Waals surface area contributed by atoms with E-state index in [2.05, 4.69) is 30.5 Å². The number of nitrogens with zero attached hydrogens (tertiary/aromatic N) is 1. The summed E-state index contributed by atoms with van der Waals surface area (Å²) in [5.74, 6) is 0. The molecular formula is C32H46N2O7S. The van der Waals surface area contributed by atoms with E-state index >= 15 is 0 Å². The number of sulfone groups is 1. The van der Waals surface area contributed by atoms with E-state index in [9.17, 15) is 23.1 Å². The van der Waals surface area contributed by atoms with Gasteiger partial charge in [-0.2, -0.15) is 0 Å². The Balaban J connectivity index is 1.84. The van der Waals surface area contributed by atoms with Crippen LogP contribution in [0.5, 0.6) is 0 Å². The third-order valence-corrected chi connectivity index (χ3v) is 9.47. The van der Waals surface area contributed by atoms with Crippen LogP contribution in [0.15, 0.2) is 71.7 Å². The monoisotopic (exact) mass is 602 g/mol. The molecule has 1 aromatic carbocycles. The molecule has 2 aliphatic rings. The molecule has 2 amide bonds. The minimum Gasteiger partial charge on any atom is -0.444 e. The van der Waals surface area contributed by atoms with Gasteiger partial charge < -0.3 is 24.8 Å². The van der Waals surface area contributed by atoms with Gasteiger partial charge in [0.15, 0.2) is 9.84 Å². The number of carbonyl (C=O) groups excluding carboxylic acids is 2. The molecule has 10 heteroatoms. The highest BCUT2D eigenvalue weighted by molar-refractivity contribution is 7.92. The van der Waals surface area contributed by atoms with Gasteiger partial charge in [-0.05, 0) is 58.6 Å². The van der Waals surface area contributed by atoms with Crippen LogP contribution >= 0.6 is 0 Å². The molecule has 2 unspecified atom stereocenters. The van der Waals surface area contributed by atoms with Gasteiger partial charge >= 0.3 is 12.2 Å². The van der Waals surface area contributed by atoms with Gasteiger partial charge in [-0.1, -0.05) is 74.4 Å². The second kappa shape index (κ2) is 15.4. The van der Waals surface area contributed by atoms with Crippen molar-refractivity contribution in [2.24, 2.45) is 0 Å². The largest absolute Gasteiger partial charge is 0.444 e. The maximum Gasteiger partial charge on any atom is 0.410 e. The fraction of sp³-hybridized carbons (Fsp3) is 0.562. The number of amides is 2. The maximum atomic E-state index is 14.1. The molecular weight excluding hydrogens is 556 g/mol. The van der Waals surface area contributed by atoms with Gasteiger partial charge in [0.1, 0.15) is 17.0 Å². The third kappa shape index (κ3) is 9.46. The Morgan fingerprint density at radius 3 is 2.40 bits per heavy atom. The smallest absolute Gasteiger partial charge is 0.410 e. The summed E-state index contributed by atoms with van der Waals surface area (Å²) < 4.78 is 39.2. The average molecular weight is 603 g/mol. The normalized spacial score (nSPS) is 22.7. The predicted octanol–water partition coefficient (Wildman–Crippen LogP) is 5.71. The van der Waals surface area contributed by atoms with Crippen LogP contribution in [-0.2, 0) is 19.3 Å². The van der Waals surface area contributed by atoms with E-state index in [0.29, 0.717) is 6.42 Å². The number of piperidine rings is 1. The Morgan fingerprint density at radius 2 is 1.76 bits per heavy atom. The van der Waals surface area contributed by atoms with Crippen molar-refractivity contribution in [3.8, 4) is 0 Å². The summed E-state index contributed by atoms with van der Waals surface area (Å²) >= 11 is 0. The molecule has 5 atom stereocenters. The number of likely N-dealkylation sites (tertiary alicyclic amines) is 1. The van der Waals surface area contributed by atoms with Crippen LogP contribution in [0.25, 0.3) is 0 Å². The molecule has 0 aromatic heterocycles. The number of ether oxygens (including phenoxy) is 2. The predicted molar refractivity (Wildman–Crippen MR) is 163 cm³/mol. The average Bonchev–Trinajstić information content (AvgIpc) is 3.29. The Kier molecular flexibility index (Phi) is 12.2. The van der Waals surface area contributed by atoms with Gasteiger partial charge in [0.2, 0.25) is 0 Å². The van der Waals surface area contributed by atoms with E-state index in [1.807, 2.05) is 6.08 Å². The summed E-state index contributed by atoms with van der Waals surface area (Å²) in [6, 6.07) is 6.37. The van der Waals surface area contributed by atoms with E-state index in [-0.39, 0.29) is 17.9 Å². The van der Waals surface area contributed by atoms with Gasteiger partial charge in [0.25, 0.3) is 0 Å².